The lowest BCUT2D eigenvalue weighted by Gasteiger charge is -2.03. The summed E-state index contributed by atoms with van der Waals surface area (Å²) >= 11 is 1.71. The highest BCUT2D eigenvalue weighted by Crippen LogP contribution is 2.19. The molecular formula is C24H28N4O3S. The summed E-state index contributed by atoms with van der Waals surface area (Å²) in [7, 11) is 1.55. The Bertz CT molecular complexity index is 908. The number of thioether (sulfide) groups is 1. The van der Waals surface area contributed by atoms with Gasteiger partial charge in [0, 0.05) is 13.6 Å². The molecule has 8 heteroatoms. The average Bonchev–Trinajstić information content (AvgIpc) is 3.08. The minimum absolute atomic E-state index is 0.188. The van der Waals surface area contributed by atoms with Gasteiger partial charge in [-0.05, 0) is 48.6 Å². The van der Waals surface area contributed by atoms with Crippen LogP contribution in [-0.4, -0.2) is 41.9 Å². The van der Waals surface area contributed by atoms with Crippen LogP contribution in [0.25, 0.3) is 0 Å². The summed E-state index contributed by atoms with van der Waals surface area (Å²) in [5, 5.41) is 5.24. The Hall–Kier alpha value is -3.52. The fraction of sp³-hybridized carbons (Fsp3) is 0.208. The van der Waals surface area contributed by atoms with Crippen molar-refractivity contribution in [2.75, 3.05) is 30.8 Å². The number of anilines is 1. The number of benzene rings is 2. The maximum absolute atomic E-state index is 10.9. The molecule has 0 atom stereocenters. The van der Waals surface area contributed by atoms with Crippen molar-refractivity contribution in [3.63, 3.8) is 0 Å². The second kappa shape index (κ2) is 14.5. The second-order valence-electron chi connectivity index (χ2n) is 6.51. The molecule has 7 nitrogen and oxygen atoms in total. The minimum atomic E-state index is -0.225. The number of rotatable bonds is 3. The third-order valence-corrected chi connectivity index (χ3v) is 5.02. The maximum atomic E-state index is 10.9. The van der Waals surface area contributed by atoms with E-state index in [2.05, 4.69) is 15.6 Å². The van der Waals surface area contributed by atoms with E-state index in [1.165, 1.54) is 0 Å². The van der Waals surface area contributed by atoms with Crippen LogP contribution in [0.3, 0.4) is 0 Å². The molecule has 4 N–H and O–H groups in total. The maximum Gasteiger partial charge on any atom is 0.269 e. The molecule has 3 aromatic rings. The predicted molar refractivity (Wildman–Crippen MR) is 130 cm³/mol. The van der Waals surface area contributed by atoms with Crippen LogP contribution in [0.4, 0.5) is 5.82 Å². The van der Waals surface area contributed by atoms with E-state index in [9.17, 15) is 9.59 Å². The predicted octanol–water partition coefficient (Wildman–Crippen LogP) is 3.74. The molecule has 2 heterocycles. The van der Waals surface area contributed by atoms with Gasteiger partial charge in [-0.2, -0.15) is 11.8 Å². The number of nitrogens with two attached hydrogens (primary N) is 1. The molecule has 4 rings (SSSR count). The molecule has 0 bridgehead atoms. The molecule has 1 aromatic heterocycles. The van der Waals surface area contributed by atoms with Crippen molar-refractivity contribution in [2.24, 2.45) is 0 Å². The lowest BCUT2D eigenvalue weighted by Crippen LogP contribution is -2.23. The number of carbonyl (C=O) groups excluding carboxylic acids is 2. The quantitative estimate of drug-likeness (QED) is 0.559. The molecule has 1 aliphatic heterocycles. The first-order valence-corrected chi connectivity index (χ1v) is 11.3. The van der Waals surface area contributed by atoms with E-state index in [-0.39, 0.29) is 11.8 Å². The van der Waals surface area contributed by atoms with Crippen LogP contribution in [0, 0.1) is 0 Å². The summed E-state index contributed by atoms with van der Waals surface area (Å²) in [6, 6.07) is 24.4. The number of nitrogen functional groups attached to an aromatic ring is 1. The van der Waals surface area contributed by atoms with Gasteiger partial charge in [-0.3, -0.25) is 9.59 Å². The van der Waals surface area contributed by atoms with E-state index in [4.69, 9.17) is 10.5 Å². The summed E-state index contributed by atoms with van der Waals surface area (Å²) < 4.78 is 5.58. The highest BCUT2D eigenvalue weighted by atomic mass is 32.2. The van der Waals surface area contributed by atoms with Crippen LogP contribution >= 0.6 is 11.8 Å². The zero-order valence-corrected chi connectivity index (χ0v) is 18.8. The Morgan fingerprint density at radius 2 is 1.62 bits per heavy atom. The number of amides is 2. The number of nitrogens with one attached hydrogen (secondary N) is 2. The van der Waals surface area contributed by atoms with Gasteiger partial charge in [-0.1, -0.05) is 42.5 Å². The first kappa shape index (κ1) is 24.7. The number of pyridine rings is 1. The van der Waals surface area contributed by atoms with Gasteiger partial charge in [0.2, 0.25) is 5.91 Å². The number of carbonyl (C=O) groups is 2. The lowest BCUT2D eigenvalue weighted by molar-refractivity contribution is -0.118. The molecule has 0 radical (unpaired) electrons. The number of hydrogen-bond donors (Lipinski definition) is 3. The van der Waals surface area contributed by atoms with Crippen molar-refractivity contribution < 1.29 is 14.3 Å². The number of aromatic nitrogens is 1. The number of nitrogens with zero attached hydrogens (tertiary/aromatic N) is 1. The van der Waals surface area contributed by atoms with Gasteiger partial charge >= 0.3 is 0 Å². The summed E-state index contributed by atoms with van der Waals surface area (Å²) in [5.41, 5.74) is 5.70. The number of para-hydroxylation sites is 2. The molecule has 1 fully saturated rings. The van der Waals surface area contributed by atoms with Crippen molar-refractivity contribution in [2.45, 2.75) is 6.42 Å². The first-order chi connectivity index (χ1) is 15.6. The van der Waals surface area contributed by atoms with Gasteiger partial charge < -0.3 is 21.1 Å². The van der Waals surface area contributed by atoms with Crippen LogP contribution in [0.15, 0.2) is 78.9 Å². The molecule has 0 aliphatic carbocycles. The molecule has 168 valence electrons. The standard InChI is InChI=1S/C12H10O.C7H9N3O.C5H9NOS/c1-3-7-11(8-4-1)13-12-9-5-2-6-10-12;1-9-7(11)5-3-2-4-6(8)10-5;7-5-4-8-3-1-2-6-5/h1-10H;2-4H,1H3,(H2,8,10)(H,9,11);1-4H2,(H,6,7). The molecule has 0 unspecified atom stereocenters. The Morgan fingerprint density at radius 1 is 1.00 bits per heavy atom. The SMILES string of the molecule is CNC(=O)c1cccc(N)n1.O=C1CSCCCN1.c1ccc(Oc2ccccc2)cc1. The van der Waals surface area contributed by atoms with Crippen LogP contribution < -0.4 is 21.1 Å². The molecular weight excluding hydrogens is 424 g/mol. The summed E-state index contributed by atoms with van der Waals surface area (Å²) in [5.74, 6) is 3.83. The lowest BCUT2D eigenvalue weighted by atomic mass is 10.3. The van der Waals surface area contributed by atoms with E-state index >= 15 is 0 Å². The Morgan fingerprint density at radius 3 is 2.19 bits per heavy atom. The average molecular weight is 453 g/mol. The van der Waals surface area contributed by atoms with Gasteiger partial charge in [-0.25, -0.2) is 4.98 Å². The van der Waals surface area contributed by atoms with E-state index < -0.39 is 0 Å². The van der Waals surface area contributed by atoms with Crippen LogP contribution in [0.5, 0.6) is 11.5 Å². The summed E-state index contributed by atoms with van der Waals surface area (Å²) in [4.78, 5) is 25.3. The third-order valence-electron chi connectivity index (χ3n) is 3.97. The van der Waals surface area contributed by atoms with E-state index in [1.807, 2.05) is 60.7 Å². The van der Waals surface area contributed by atoms with Crippen molar-refractivity contribution in [3.05, 3.63) is 84.6 Å². The zero-order chi connectivity index (χ0) is 23.0. The minimum Gasteiger partial charge on any atom is -0.457 e. The smallest absolute Gasteiger partial charge is 0.269 e. The molecule has 0 saturated carbocycles. The van der Waals surface area contributed by atoms with Gasteiger partial charge in [0.05, 0.1) is 5.75 Å². The largest absolute Gasteiger partial charge is 0.457 e. The number of hydrogen-bond acceptors (Lipinski definition) is 6. The molecule has 1 saturated heterocycles. The molecule has 32 heavy (non-hydrogen) atoms. The van der Waals surface area contributed by atoms with Crippen molar-refractivity contribution in [1.29, 1.82) is 0 Å². The fourth-order valence-electron chi connectivity index (χ4n) is 2.44. The molecule has 2 aromatic carbocycles. The summed E-state index contributed by atoms with van der Waals surface area (Å²) in [6.07, 6.45) is 1.12. The van der Waals surface area contributed by atoms with Crippen molar-refractivity contribution in [1.82, 2.24) is 15.6 Å². The van der Waals surface area contributed by atoms with Crippen molar-refractivity contribution in [3.8, 4) is 11.5 Å². The van der Waals surface area contributed by atoms with E-state index in [0.29, 0.717) is 17.3 Å². The third kappa shape index (κ3) is 9.99. The van der Waals surface area contributed by atoms with Gasteiger partial charge in [0.1, 0.15) is 23.0 Å². The van der Waals surface area contributed by atoms with Gasteiger partial charge in [0.25, 0.3) is 5.91 Å². The van der Waals surface area contributed by atoms with E-state index in [1.54, 1.807) is 37.0 Å². The van der Waals surface area contributed by atoms with Gasteiger partial charge in [0.15, 0.2) is 0 Å². The fourth-order valence-corrected chi connectivity index (χ4v) is 3.22. The highest BCUT2D eigenvalue weighted by Gasteiger charge is 2.04. The monoisotopic (exact) mass is 452 g/mol. The van der Waals surface area contributed by atoms with Crippen molar-refractivity contribution >= 4 is 29.4 Å². The number of ether oxygens (including phenoxy) is 1. The molecule has 2 amide bonds. The second-order valence-corrected chi connectivity index (χ2v) is 7.62. The molecule has 1 aliphatic rings. The van der Waals surface area contributed by atoms with Crippen LogP contribution in [0.1, 0.15) is 16.9 Å². The normalized spacial score (nSPS) is 12.5. The highest BCUT2D eigenvalue weighted by molar-refractivity contribution is 7.99. The summed E-state index contributed by atoms with van der Waals surface area (Å²) in [6.45, 7) is 0.867. The van der Waals surface area contributed by atoms with Gasteiger partial charge in [-0.15, -0.1) is 0 Å². The van der Waals surface area contributed by atoms with E-state index in [0.717, 1.165) is 30.2 Å². The molecule has 0 spiro atoms. The Labute approximate surface area is 192 Å². The Balaban J connectivity index is 0.000000175. The topological polar surface area (TPSA) is 106 Å². The zero-order valence-electron chi connectivity index (χ0n) is 18.0. The van der Waals surface area contributed by atoms with Crippen LogP contribution in [0.2, 0.25) is 0 Å². The first-order valence-electron chi connectivity index (χ1n) is 10.2. The van der Waals surface area contributed by atoms with Crippen LogP contribution in [-0.2, 0) is 4.79 Å². The Kier molecular flexibility index (Phi) is 11.2.